The second kappa shape index (κ2) is 13.7. The highest BCUT2D eigenvalue weighted by atomic mass is 32.1. The lowest BCUT2D eigenvalue weighted by atomic mass is 9.95. The molecule has 0 aliphatic heterocycles. The normalized spacial score (nSPS) is 11.3. The summed E-state index contributed by atoms with van der Waals surface area (Å²) in [5.74, 6) is 0. The SMILES string of the molecule is c1ccc(-c2ccc(N(c3ccc(-c4cccc(-c5cccc6ccccc56)c4)cc3)c3ccccc3-c3cccc4c3sc3ccccc34)cc2)cc1. The van der Waals surface area contributed by atoms with Gasteiger partial charge in [-0.1, -0.05) is 170 Å². The Morgan fingerprint density at radius 2 is 0.833 bits per heavy atom. The van der Waals surface area contributed by atoms with Crippen LogP contribution in [-0.4, -0.2) is 0 Å². The minimum atomic E-state index is 1.10. The molecule has 1 heterocycles. The van der Waals surface area contributed by atoms with Gasteiger partial charge in [0, 0.05) is 42.7 Å². The third-order valence-corrected chi connectivity index (χ3v) is 11.7. The van der Waals surface area contributed by atoms with E-state index in [1.807, 2.05) is 11.3 Å². The van der Waals surface area contributed by atoms with Crippen molar-refractivity contribution < 1.29 is 0 Å². The highest BCUT2D eigenvalue weighted by Gasteiger charge is 2.20. The van der Waals surface area contributed by atoms with Crippen molar-refractivity contribution in [2.75, 3.05) is 4.90 Å². The van der Waals surface area contributed by atoms with Crippen LogP contribution in [0.5, 0.6) is 0 Å². The molecular weight excluding hydrogens is 671 g/mol. The lowest BCUT2D eigenvalue weighted by molar-refractivity contribution is 1.28. The van der Waals surface area contributed by atoms with E-state index in [2.05, 4.69) is 217 Å². The minimum absolute atomic E-state index is 1.10. The first-order valence-corrected chi connectivity index (χ1v) is 19.2. The Bertz CT molecular complexity index is 2920. The van der Waals surface area contributed by atoms with Gasteiger partial charge in [0.25, 0.3) is 0 Å². The molecule has 0 unspecified atom stereocenters. The number of hydrogen-bond acceptors (Lipinski definition) is 2. The molecule has 9 aromatic carbocycles. The summed E-state index contributed by atoms with van der Waals surface area (Å²) in [7, 11) is 0. The number of anilines is 3. The van der Waals surface area contributed by atoms with E-state index in [0.717, 1.165) is 17.1 Å². The summed E-state index contributed by atoms with van der Waals surface area (Å²) in [6.45, 7) is 0. The van der Waals surface area contributed by atoms with Crippen LogP contribution in [0, 0.1) is 0 Å². The maximum Gasteiger partial charge on any atom is 0.0540 e. The fourth-order valence-corrected chi connectivity index (χ4v) is 9.09. The van der Waals surface area contributed by atoms with Crippen molar-refractivity contribution in [3.63, 3.8) is 0 Å². The van der Waals surface area contributed by atoms with Crippen LogP contribution in [0.3, 0.4) is 0 Å². The molecule has 0 saturated heterocycles. The van der Waals surface area contributed by atoms with Crippen LogP contribution in [-0.2, 0) is 0 Å². The van der Waals surface area contributed by atoms with E-state index in [1.54, 1.807) is 0 Å². The van der Waals surface area contributed by atoms with Crippen molar-refractivity contribution in [2.24, 2.45) is 0 Å². The summed E-state index contributed by atoms with van der Waals surface area (Å²) in [6, 6.07) is 77.1. The van der Waals surface area contributed by atoms with Crippen molar-refractivity contribution in [3.05, 3.63) is 212 Å². The summed E-state index contributed by atoms with van der Waals surface area (Å²) in [5.41, 5.74) is 13.1. The summed E-state index contributed by atoms with van der Waals surface area (Å²) in [5, 5.41) is 5.14. The molecule has 0 spiro atoms. The molecule has 0 aliphatic carbocycles. The molecule has 1 aromatic heterocycles. The van der Waals surface area contributed by atoms with E-state index in [1.165, 1.54) is 75.5 Å². The number of hydrogen-bond donors (Lipinski definition) is 0. The van der Waals surface area contributed by atoms with Crippen molar-refractivity contribution in [3.8, 4) is 44.5 Å². The third-order valence-electron chi connectivity index (χ3n) is 10.5. The van der Waals surface area contributed by atoms with Crippen LogP contribution in [0.4, 0.5) is 17.1 Å². The molecule has 10 rings (SSSR count). The Balaban J connectivity index is 1.09. The lowest BCUT2D eigenvalue weighted by Crippen LogP contribution is -2.11. The van der Waals surface area contributed by atoms with Gasteiger partial charge in [0.2, 0.25) is 0 Å². The first-order valence-electron chi connectivity index (χ1n) is 18.4. The first kappa shape index (κ1) is 32.0. The van der Waals surface area contributed by atoms with Gasteiger partial charge in [-0.15, -0.1) is 11.3 Å². The van der Waals surface area contributed by atoms with E-state index in [0.29, 0.717) is 0 Å². The summed E-state index contributed by atoms with van der Waals surface area (Å²) in [6.07, 6.45) is 0. The monoisotopic (exact) mass is 705 g/mol. The summed E-state index contributed by atoms with van der Waals surface area (Å²) < 4.78 is 2.62. The quantitative estimate of drug-likeness (QED) is 0.160. The molecule has 0 fully saturated rings. The number of thiophene rings is 1. The fraction of sp³-hybridized carbons (Fsp3) is 0. The summed E-state index contributed by atoms with van der Waals surface area (Å²) in [4.78, 5) is 2.41. The number of benzene rings is 9. The van der Waals surface area contributed by atoms with Gasteiger partial charge in [0.05, 0.1) is 5.69 Å². The molecule has 0 saturated carbocycles. The Labute approximate surface area is 319 Å². The van der Waals surface area contributed by atoms with Gasteiger partial charge in [-0.3, -0.25) is 0 Å². The van der Waals surface area contributed by atoms with Gasteiger partial charge in [-0.2, -0.15) is 0 Å². The van der Waals surface area contributed by atoms with Gasteiger partial charge in [-0.25, -0.2) is 0 Å². The Kier molecular flexibility index (Phi) is 8.09. The zero-order valence-electron chi connectivity index (χ0n) is 29.6. The third kappa shape index (κ3) is 5.74. The van der Waals surface area contributed by atoms with Gasteiger partial charge in [0.15, 0.2) is 0 Å². The Morgan fingerprint density at radius 3 is 1.65 bits per heavy atom. The predicted molar refractivity (Wildman–Crippen MR) is 233 cm³/mol. The largest absolute Gasteiger partial charge is 0.310 e. The number of fused-ring (bicyclic) bond motifs is 4. The highest BCUT2D eigenvalue weighted by Crippen LogP contribution is 2.46. The van der Waals surface area contributed by atoms with Crippen LogP contribution in [0.15, 0.2) is 212 Å². The van der Waals surface area contributed by atoms with Gasteiger partial charge < -0.3 is 4.90 Å². The van der Waals surface area contributed by atoms with Crippen LogP contribution >= 0.6 is 11.3 Å². The topological polar surface area (TPSA) is 3.24 Å². The molecule has 0 radical (unpaired) electrons. The molecule has 1 nitrogen and oxygen atoms in total. The van der Waals surface area contributed by atoms with E-state index in [-0.39, 0.29) is 0 Å². The average molecular weight is 706 g/mol. The molecule has 0 N–H and O–H groups in total. The van der Waals surface area contributed by atoms with Crippen LogP contribution in [0.2, 0.25) is 0 Å². The van der Waals surface area contributed by atoms with Crippen molar-refractivity contribution >= 4 is 59.3 Å². The lowest BCUT2D eigenvalue weighted by Gasteiger charge is -2.28. The maximum absolute atomic E-state index is 2.41. The minimum Gasteiger partial charge on any atom is -0.310 e. The number of nitrogens with zero attached hydrogens (tertiary/aromatic N) is 1. The zero-order chi connectivity index (χ0) is 35.8. The maximum atomic E-state index is 2.41. The van der Waals surface area contributed by atoms with Gasteiger partial charge in [0.1, 0.15) is 0 Å². The first-order chi connectivity index (χ1) is 26.8. The average Bonchev–Trinajstić information content (AvgIpc) is 3.64. The molecule has 10 aromatic rings. The summed E-state index contributed by atoms with van der Waals surface area (Å²) >= 11 is 1.88. The van der Waals surface area contributed by atoms with E-state index in [9.17, 15) is 0 Å². The van der Waals surface area contributed by atoms with Gasteiger partial charge in [-0.05, 0) is 86.6 Å². The smallest absolute Gasteiger partial charge is 0.0540 e. The molecule has 2 heteroatoms. The molecule has 0 aliphatic rings. The van der Waals surface area contributed by atoms with E-state index >= 15 is 0 Å². The zero-order valence-corrected chi connectivity index (χ0v) is 30.4. The highest BCUT2D eigenvalue weighted by molar-refractivity contribution is 7.26. The van der Waals surface area contributed by atoms with Crippen molar-refractivity contribution in [2.45, 2.75) is 0 Å². The van der Waals surface area contributed by atoms with Crippen LogP contribution < -0.4 is 4.90 Å². The molecule has 0 atom stereocenters. The van der Waals surface area contributed by atoms with Gasteiger partial charge >= 0.3 is 0 Å². The van der Waals surface area contributed by atoms with Crippen molar-refractivity contribution in [1.82, 2.24) is 0 Å². The molecular formula is C52H35NS. The Hall–Kier alpha value is -6.74. The number of rotatable bonds is 7. The molecule has 54 heavy (non-hydrogen) atoms. The predicted octanol–water partition coefficient (Wildman–Crippen LogP) is 15.3. The molecule has 0 bridgehead atoms. The van der Waals surface area contributed by atoms with Crippen LogP contribution in [0.25, 0.3) is 75.5 Å². The Morgan fingerprint density at radius 1 is 0.315 bits per heavy atom. The van der Waals surface area contributed by atoms with E-state index < -0.39 is 0 Å². The fourth-order valence-electron chi connectivity index (χ4n) is 7.86. The molecule has 254 valence electrons. The van der Waals surface area contributed by atoms with Crippen molar-refractivity contribution in [1.29, 1.82) is 0 Å². The second-order valence-electron chi connectivity index (χ2n) is 13.7. The van der Waals surface area contributed by atoms with E-state index in [4.69, 9.17) is 0 Å². The number of para-hydroxylation sites is 1. The standard InChI is InChI=1S/C52H35NS/c1-2-13-36(14-3-1)37-27-31-42(32-28-37)53(50-25-8-6-20-46(50)48-23-12-24-49-47-21-7-9-26-51(47)54-52(48)49)43-33-29-38(30-34-43)40-17-10-18-41(35-40)45-22-11-16-39-15-4-5-19-44(39)45/h1-35H. The second-order valence-corrected chi connectivity index (χ2v) is 14.8. The van der Waals surface area contributed by atoms with Crippen LogP contribution in [0.1, 0.15) is 0 Å². The molecule has 0 amide bonds.